The molecule has 0 amide bonds. The molecule has 0 aliphatic rings. The van der Waals surface area contributed by atoms with Gasteiger partial charge in [0.2, 0.25) is 0 Å². The van der Waals surface area contributed by atoms with Crippen LogP contribution in [0.15, 0.2) is 42.7 Å². The summed E-state index contributed by atoms with van der Waals surface area (Å²) in [7, 11) is 0. The van der Waals surface area contributed by atoms with Crippen molar-refractivity contribution in [2.24, 2.45) is 0 Å². The van der Waals surface area contributed by atoms with Gasteiger partial charge in [-0.2, -0.15) is 0 Å². The Morgan fingerprint density at radius 2 is 2.20 bits per heavy atom. The van der Waals surface area contributed by atoms with E-state index in [1.54, 1.807) is 24.5 Å². The van der Waals surface area contributed by atoms with E-state index in [4.69, 9.17) is 16.3 Å². The van der Waals surface area contributed by atoms with E-state index in [0.717, 1.165) is 5.56 Å². The number of benzene rings is 1. The summed E-state index contributed by atoms with van der Waals surface area (Å²) in [4.78, 5) is 4.02. The van der Waals surface area contributed by atoms with E-state index >= 15 is 0 Å². The summed E-state index contributed by atoms with van der Waals surface area (Å²) in [5.74, 6) is 5.61. The Kier molecular flexibility index (Phi) is 5.40. The van der Waals surface area contributed by atoms with Gasteiger partial charge in [-0.3, -0.25) is 4.98 Å². The van der Waals surface area contributed by atoms with Gasteiger partial charge in [0.1, 0.15) is 0 Å². The third kappa shape index (κ3) is 4.25. The van der Waals surface area contributed by atoms with Crippen LogP contribution in [0.2, 0.25) is 0 Å². The topological polar surface area (TPSA) is 22.1 Å². The summed E-state index contributed by atoms with van der Waals surface area (Å²) < 4.78 is 19.1. The van der Waals surface area contributed by atoms with E-state index in [1.807, 2.05) is 12.1 Å². The molecule has 2 aromatic rings. The number of pyridine rings is 1. The fourth-order valence-electron chi connectivity index (χ4n) is 1.65. The van der Waals surface area contributed by atoms with Crippen LogP contribution < -0.4 is 4.74 Å². The standard InChI is InChI=1S/C16H13ClFNO/c17-8-1-3-13-5-6-15(18)16(11-13)20-10-7-14-4-2-9-19-12-14/h2,4-6,9,11-12H,7-8,10H2. The zero-order chi connectivity index (χ0) is 14.2. The molecule has 0 fully saturated rings. The van der Waals surface area contributed by atoms with Crippen LogP contribution in [0.1, 0.15) is 11.1 Å². The summed E-state index contributed by atoms with van der Waals surface area (Å²) in [5.41, 5.74) is 1.73. The minimum absolute atomic E-state index is 0.204. The van der Waals surface area contributed by atoms with Gasteiger partial charge in [0.05, 0.1) is 12.5 Å². The molecule has 0 radical (unpaired) electrons. The molecule has 1 aromatic heterocycles. The van der Waals surface area contributed by atoms with E-state index in [2.05, 4.69) is 16.8 Å². The molecule has 0 saturated carbocycles. The molecule has 1 aromatic carbocycles. The Morgan fingerprint density at radius 1 is 1.30 bits per heavy atom. The highest BCUT2D eigenvalue weighted by molar-refractivity contribution is 6.19. The van der Waals surface area contributed by atoms with E-state index in [0.29, 0.717) is 18.6 Å². The van der Waals surface area contributed by atoms with Crippen LogP contribution in [0.3, 0.4) is 0 Å². The number of halogens is 2. The van der Waals surface area contributed by atoms with Crippen molar-refractivity contribution in [2.75, 3.05) is 12.5 Å². The maximum Gasteiger partial charge on any atom is 0.165 e. The first-order valence-corrected chi connectivity index (χ1v) is 6.69. The van der Waals surface area contributed by atoms with Crippen LogP contribution in [-0.2, 0) is 6.42 Å². The predicted octanol–water partition coefficient (Wildman–Crippen LogP) is 3.43. The zero-order valence-electron chi connectivity index (χ0n) is 10.8. The summed E-state index contributed by atoms with van der Waals surface area (Å²) in [6, 6.07) is 8.34. The van der Waals surface area contributed by atoms with Crippen molar-refractivity contribution in [3.8, 4) is 17.6 Å². The van der Waals surface area contributed by atoms with Gasteiger partial charge in [-0.15, -0.1) is 11.6 Å². The van der Waals surface area contributed by atoms with E-state index in [9.17, 15) is 4.39 Å². The van der Waals surface area contributed by atoms with Crippen LogP contribution in [0.5, 0.6) is 5.75 Å². The van der Waals surface area contributed by atoms with Gasteiger partial charge in [-0.25, -0.2) is 4.39 Å². The minimum atomic E-state index is -0.396. The number of nitrogens with zero attached hydrogens (tertiary/aromatic N) is 1. The molecule has 102 valence electrons. The molecule has 0 aliphatic heterocycles. The fraction of sp³-hybridized carbons (Fsp3) is 0.188. The molecule has 0 atom stereocenters. The molecule has 0 bridgehead atoms. The molecule has 20 heavy (non-hydrogen) atoms. The largest absolute Gasteiger partial charge is 0.490 e. The van der Waals surface area contributed by atoms with Crippen molar-refractivity contribution in [1.82, 2.24) is 4.98 Å². The maximum absolute atomic E-state index is 13.6. The van der Waals surface area contributed by atoms with Gasteiger partial charge in [0.25, 0.3) is 0 Å². The lowest BCUT2D eigenvalue weighted by molar-refractivity contribution is 0.305. The lowest BCUT2D eigenvalue weighted by atomic mass is 10.2. The van der Waals surface area contributed by atoms with Gasteiger partial charge in [-0.05, 0) is 29.8 Å². The predicted molar refractivity (Wildman–Crippen MR) is 77.4 cm³/mol. The second-order valence-electron chi connectivity index (χ2n) is 4.04. The Hall–Kier alpha value is -2.05. The summed E-state index contributed by atoms with van der Waals surface area (Å²) in [6.45, 7) is 0.384. The van der Waals surface area contributed by atoms with Gasteiger partial charge in [0, 0.05) is 24.4 Å². The Labute approximate surface area is 122 Å². The lowest BCUT2D eigenvalue weighted by Gasteiger charge is -2.07. The third-order valence-corrected chi connectivity index (χ3v) is 2.74. The molecule has 0 unspecified atom stereocenters. The van der Waals surface area contributed by atoms with Crippen molar-refractivity contribution in [3.63, 3.8) is 0 Å². The Balaban J connectivity index is 1.98. The van der Waals surface area contributed by atoms with Gasteiger partial charge < -0.3 is 4.74 Å². The van der Waals surface area contributed by atoms with Crippen molar-refractivity contribution < 1.29 is 9.13 Å². The molecule has 2 nitrogen and oxygen atoms in total. The van der Waals surface area contributed by atoms with Crippen LogP contribution in [0, 0.1) is 17.7 Å². The molecular formula is C16H13ClFNO. The van der Waals surface area contributed by atoms with Gasteiger partial charge >= 0.3 is 0 Å². The first-order valence-electron chi connectivity index (χ1n) is 6.15. The first kappa shape index (κ1) is 14.4. The van der Waals surface area contributed by atoms with Crippen LogP contribution in [0.25, 0.3) is 0 Å². The van der Waals surface area contributed by atoms with Crippen LogP contribution in [-0.4, -0.2) is 17.5 Å². The average Bonchev–Trinajstić information content (AvgIpc) is 2.49. The van der Waals surface area contributed by atoms with E-state index in [1.165, 1.54) is 6.07 Å². The van der Waals surface area contributed by atoms with Crippen molar-refractivity contribution in [2.45, 2.75) is 6.42 Å². The average molecular weight is 290 g/mol. The maximum atomic E-state index is 13.6. The van der Waals surface area contributed by atoms with E-state index in [-0.39, 0.29) is 11.6 Å². The fourth-order valence-corrected chi connectivity index (χ4v) is 1.72. The number of alkyl halides is 1. The van der Waals surface area contributed by atoms with Crippen molar-refractivity contribution in [1.29, 1.82) is 0 Å². The molecule has 2 rings (SSSR count). The summed E-state index contributed by atoms with van der Waals surface area (Å²) >= 11 is 5.49. The highest BCUT2D eigenvalue weighted by Gasteiger charge is 2.04. The highest BCUT2D eigenvalue weighted by atomic mass is 35.5. The molecule has 0 N–H and O–H groups in total. The molecule has 4 heteroatoms. The lowest BCUT2D eigenvalue weighted by Crippen LogP contribution is -2.03. The van der Waals surface area contributed by atoms with Crippen molar-refractivity contribution in [3.05, 3.63) is 59.7 Å². The van der Waals surface area contributed by atoms with Crippen LogP contribution in [0.4, 0.5) is 4.39 Å². The smallest absolute Gasteiger partial charge is 0.165 e. The van der Waals surface area contributed by atoms with Crippen molar-refractivity contribution >= 4 is 11.6 Å². The number of aromatic nitrogens is 1. The number of rotatable bonds is 4. The monoisotopic (exact) mass is 289 g/mol. The quantitative estimate of drug-likeness (QED) is 0.635. The zero-order valence-corrected chi connectivity index (χ0v) is 11.5. The molecule has 1 heterocycles. The number of hydrogen-bond donors (Lipinski definition) is 0. The Bertz CT molecular complexity index is 619. The van der Waals surface area contributed by atoms with Crippen LogP contribution >= 0.6 is 11.6 Å². The SMILES string of the molecule is Fc1ccc(C#CCCl)cc1OCCc1cccnc1. The summed E-state index contributed by atoms with van der Waals surface area (Å²) in [5, 5.41) is 0. The normalized spacial score (nSPS) is 9.70. The molecule has 0 aliphatic carbocycles. The van der Waals surface area contributed by atoms with Gasteiger partial charge in [0.15, 0.2) is 11.6 Å². The Morgan fingerprint density at radius 3 is 2.95 bits per heavy atom. The number of ether oxygens (including phenoxy) is 1. The second kappa shape index (κ2) is 7.52. The number of hydrogen-bond acceptors (Lipinski definition) is 2. The minimum Gasteiger partial charge on any atom is -0.490 e. The highest BCUT2D eigenvalue weighted by Crippen LogP contribution is 2.18. The molecule has 0 saturated heterocycles. The molecular weight excluding hydrogens is 277 g/mol. The molecule has 0 spiro atoms. The third-order valence-electron chi connectivity index (χ3n) is 2.60. The summed E-state index contributed by atoms with van der Waals surface area (Å²) in [6.07, 6.45) is 4.15. The van der Waals surface area contributed by atoms with E-state index < -0.39 is 5.82 Å². The second-order valence-corrected chi connectivity index (χ2v) is 4.31. The van der Waals surface area contributed by atoms with Gasteiger partial charge in [-0.1, -0.05) is 17.9 Å². The first-order chi connectivity index (χ1) is 9.79.